The van der Waals surface area contributed by atoms with Crippen molar-refractivity contribution >= 4 is 22.6 Å². The summed E-state index contributed by atoms with van der Waals surface area (Å²) in [5.74, 6) is 0.732. The van der Waals surface area contributed by atoms with Crippen molar-refractivity contribution < 1.29 is 9.47 Å². The van der Waals surface area contributed by atoms with Crippen LogP contribution in [0, 0.1) is 3.57 Å². The Labute approximate surface area is 115 Å². The normalized spacial score (nSPS) is 21.5. The molecule has 4 nitrogen and oxygen atoms in total. The van der Waals surface area contributed by atoms with Crippen LogP contribution in [0.3, 0.4) is 0 Å². The zero-order chi connectivity index (χ0) is 12.3. The van der Waals surface area contributed by atoms with Gasteiger partial charge in [0, 0.05) is 35.0 Å². The van der Waals surface area contributed by atoms with Gasteiger partial charge in [-0.05, 0) is 35.6 Å². The molecule has 1 saturated heterocycles. The summed E-state index contributed by atoms with van der Waals surface area (Å²) in [6.07, 6.45) is 2.09. The van der Waals surface area contributed by atoms with Crippen molar-refractivity contribution in [2.24, 2.45) is 0 Å². The molecule has 2 heterocycles. The minimum Gasteiger partial charge on any atom is -0.481 e. The Morgan fingerprint density at radius 1 is 1.65 bits per heavy atom. The molecule has 1 aliphatic rings. The van der Waals surface area contributed by atoms with Gasteiger partial charge in [0.1, 0.15) is 0 Å². The first-order valence-corrected chi connectivity index (χ1v) is 6.80. The fraction of sp³-hybridized carbons (Fsp3) is 0.583. The molecule has 0 radical (unpaired) electrons. The molecule has 1 unspecified atom stereocenters. The fourth-order valence-electron chi connectivity index (χ4n) is 2.03. The highest BCUT2D eigenvalue weighted by molar-refractivity contribution is 14.1. The van der Waals surface area contributed by atoms with Gasteiger partial charge in [-0.1, -0.05) is 0 Å². The molecule has 1 aromatic rings. The number of nitrogens with zero attached hydrogens (tertiary/aromatic N) is 2. The second-order valence-electron chi connectivity index (χ2n) is 4.20. The van der Waals surface area contributed by atoms with E-state index in [0.29, 0.717) is 6.10 Å². The highest BCUT2D eigenvalue weighted by atomic mass is 127. The van der Waals surface area contributed by atoms with Gasteiger partial charge in [0.25, 0.3) is 0 Å². The average molecular weight is 348 g/mol. The van der Waals surface area contributed by atoms with E-state index in [0.717, 1.165) is 32.1 Å². The van der Waals surface area contributed by atoms with Gasteiger partial charge in [-0.25, -0.2) is 4.98 Å². The van der Waals surface area contributed by atoms with Crippen LogP contribution in [0.4, 0.5) is 0 Å². The maximum Gasteiger partial charge on any atom is 0.218 e. The number of halogens is 1. The van der Waals surface area contributed by atoms with Crippen LogP contribution in [0.2, 0.25) is 0 Å². The summed E-state index contributed by atoms with van der Waals surface area (Å²) in [5, 5.41) is 0. The first-order valence-electron chi connectivity index (χ1n) is 5.72. The Kier molecular flexibility index (Phi) is 4.58. The standard InChI is InChI=1S/C12H17IN2O2/c1-9-7-15(5-6-17-9)8-10-11(13)3-4-14-12(10)16-2/h3-4,9H,5-8H2,1-2H3. The van der Waals surface area contributed by atoms with Crippen LogP contribution in [-0.4, -0.2) is 42.8 Å². The monoisotopic (exact) mass is 348 g/mol. The van der Waals surface area contributed by atoms with Crippen LogP contribution in [0.1, 0.15) is 12.5 Å². The molecule has 1 aromatic heterocycles. The third-order valence-electron chi connectivity index (χ3n) is 2.86. The highest BCUT2D eigenvalue weighted by Gasteiger charge is 2.19. The molecular weight excluding hydrogens is 331 g/mol. The molecule has 0 amide bonds. The topological polar surface area (TPSA) is 34.6 Å². The van der Waals surface area contributed by atoms with E-state index in [9.17, 15) is 0 Å². The van der Waals surface area contributed by atoms with Crippen molar-refractivity contribution in [2.45, 2.75) is 19.6 Å². The van der Waals surface area contributed by atoms with Crippen LogP contribution in [-0.2, 0) is 11.3 Å². The molecule has 1 atom stereocenters. The Balaban J connectivity index is 2.12. The predicted octanol–water partition coefficient (Wildman–Crippen LogP) is 1.92. The number of rotatable bonds is 3. The second kappa shape index (κ2) is 5.97. The Hall–Kier alpha value is -0.400. The first kappa shape index (κ1) is 13.0. The number of methoxy groups -OCH3 is 1. The fourth-order valence-corrected chi connectivity index (χ4v) is 2.59. The SMILES string of the molecule is COc1nccc(I)c1CN1CCOC(C)C1. The lowest BCUT2D eigenvalue weighted by molar-refractivity contribution is -0.0215. The van der Waals surface area contributed by atoms with Gasteiger partial charge < -0.3 is 9.47 Å². The van der Waals surface area contributed by atoms with E-state index in [1.807, 2.05) is 6.07 Å². The molecule has 17 heavy (non-hydrogen) atoms. The van der Waals surface area contributed by atoms with Gasteiger partial charge in [0.15, 0.2) is 0 Å². The molecule has 94 valence electrons. The van der Waals surface area contributed by atoms with E-state index >= 15 is 0 Å². The van der Waals surface area contributed by atoms with Crippen LogP contribution in [0.25, 0.3) is 0 Å². The van der Waals surface area contributed by atoms with E-state index in [1.54, 1.807) is 13.3 Å². The van der Waals surface area contributed by atoms with Gasteiger partial charge >= 0.3 is 0 Å². The Bertz CT molecular complexity index is 387. The molecule has 0 aromatic carbocycles. The third-order valence-corrected chi connectivity index (χ3v) is 3.87. The molecule has 1 fully saturated rings. The molecule has 0 saturated carbocycles. The summed E-state index contributed by atoms with van der Waals surface area (Å²) in [5.41, 5.74) is 1.17. The zero-order valence-corrected chi connectivity index (χ0v) is 12.3. The lowest BCUT2D eigenvalue weighted by atomic mass is 10.2. The number of morpholine rings is 1. The van der Waals surface area contributed by atoms with Crippen molar-refractivity contribution in [1.82, 2.24) is 9.88 Å². The minimum absolute atomic E-state index is 0.309. The minimum atomic E-state index is 0.309. The summed E-state index contributed by atoms with van der Waals surface area (Å²) in [4.78, 5) is 6.64. The molecule has 2 rings (SSSR count). The number of hydrogen-bond acceptors (Lipinski definition) is 4. The summed E-state index contributed by atoms with van der Waals surface area (Å²) < 4.78 is 12.1. The third kappa shape index (κ3) is 3.29. The van der Waals surface area contributed by atoms with Crippen molar-refractivity contribution in [1.29, 1.82) is 0 Å². The van der Waals surface area contributed by atoms with Crippen molar-refractivity contribution in [3.63, 3.8) is 0 Å². The smallest absolute Gasteiger partial charge is 0.218 e. The van der Waals surface area contributed by atoms with E-state index in [2.05, 4.69) is 39.4 Å². The van der Waals surface area contributed by atoms with E-state index in [1.165, 1.54) is 9.13 Å². The van der Waals surface area contributed by atoms with Crippen LogP contribution in [0.15, 0.2) is 12.3 Å². The molecule has 1 aliphatic heterocycles. The maximum absolute atomic E-state index is 5.54. The number of hydrogen-bond donors (Lipinski definition) is 0. The lowest BCUT2D eigenvalue weighted by Gasteiger charge is -2.31. The van der Waals surface area contributed by atoms with E-state index < -0.39 is 0 Å². The van der Waals surface area contributed by atoms with Crippen molar-refractivity contribution in [2.75, 3.05) is 26.8 Å². The molecule has 0 N–H and O–H groups in total. The van der Waals surface area contributed by atoms with E-state index in [4.69, 9.17) is 9.47 Å². The predicted molar refractivity (Wildman–Crippen MR) is 74.2 cm³/mol. The largest absolute Gasteiger partial charge is 0.481 e. The number of aromatic nitrogens is 1. The zero-order valence-electron chi connectivity index (χ0n) is 10.1. The summed E-state index contributed by atoms with van der Waals surface area (Å²) in [7, 11) is 1.67. The van der Waals surface area contributed by atoms with Crippen molar-refractivity contribution in [3.8, 4) is 5.88 Å². The van der Waals surface area contributed by atoms with E-state index in [-0.39, 0.29) is 0 Å². The Morgan fingerprint density at radius 2 is 2.47 bits per heavy atom. The van der Waals surface area contributed by atoms with Gasteiger partial charge in [0.2, 0.25) is 5.88 Å². The quantitative estimate of drug-likeness (QED) is 0.782. The number of ether oxygens (including phenoxy) is 2. The summed E-state index contributed by atoms with van der Waals surface area (Å²) in [6.45, 7) is 5.73. The molecule has 5 heteroatoms. The van der Waals surface area contributed by atoms with Crippen molar-refractivity contribution in [3.05, 3.63) is 21.4 Å². The maximum atomic E-state index is 5.54. The van der Waals surface area contributed by atoms with Gasteiger partial charge in [-0.2, -0.15) is 0 Å². The molecular formula is C12H17IN2O2. The number of pyridine rings is 1. The van der Waals surface area contributed by atoms with Gasteiger partial charge in [-0.15, -0.1) is 0 Å². The molecule has 0 bridgehead atoms. The highest BCUT2D eigenvalue weighted by Crippen LogP contribution is 2.23. The Morgan fingerprint density at radius 3 is 3.18 bits per heavy atom. The van der Waals surface area contributed by atoms with Gasteiger partial charge in [-0.3, -0.25) is 4.90 Å². The van der Waals surface area contributed by atoms with Crippen LogP contribution in [0.5, 0.6) is 5.88 Å². The lowest BCUT2D eigenvalue weighted by Crippen LogP contribution is -2.40. The molecule has 0 spiro atoms. The average Bonchev–Trinajstić information content (AvgIpc) is 2.32. The van der Waals surface area contributed by atoms with Crippen LogP contribution >= 0.6 is 22.6 Å². The first-order chi connectivity index (χ1) is 8.20. The summed E-state index contributed by atoms with van der Waals surface area (Å²) >= 11 is 2.33. The van der Waals surface area contributed by atoms with Gasteiger partial charge in [0.05, 0.1) is 19.8 Å². The molecule has 0 aliphatic carbocycles. The van der Waals surface area contributed by atoms with Crippen LogP contribution < -0.4 is 4.74 Å². The second-order valence-corrected chi connectivity index (χ2v) is 5.36. The summed E-state index contributed by atoms with van der Waals surface area (Å²) in [6, 6.07) is 2.02.